The zero-order valence-electron chi connectivity index (χ0n) is 23.8. The molecule has 3 N–H and O–H groups in total. The van der Waals surface area contributed by atoms with Gasteiger partial charge in [-0.2, -0.15) is 0 Å². The number of hydrogen-bond donors (Lipinski definition) is 3. The molecule has 2 amide bonds. The van der Waals surface area contributed by atoms with Gasteiger partial charge >= 0.3 is 23.9 Å². The molecule has 13 heteroatoms. The van der Waals surface area contributed by atoms with Crippen LogP contribution in [0.25, 0.3) is 0 Å². The van der Waals surface area contributed by atoms with E-state index in [-0.39, 0.29) is 72.9 Å². The van der Waals surface area contributed by atoms with Gasteiger partial charge < -0.3 is 34.7 Å². The van der Waals surface area contributed by atoms with Gasteiger partial charge in [-0.1, -0.05) is 0 Å². The monoisotopic (exact) mass is 586 g/mol. The third-order valence-electron chi connectivity index (χ3n) is 5.43. The zero-order chi connectivity index (χ0) is 31.2. The van der Waals surface area contributed by atoms with Gasteiger partial charge in [-0.15, -0.1) is 0 Å². The topological polar surface area (TPSA) is 184 Å². The van der Waals surface area contributed by atoms with Gasteiger partial charge in [-0.3, -0.25) is 9.59 Å². The van der Waals surface area contributed by atoms with Crippen molar-refractivity contribution in [3.63, 3.8) is 0 Å². The number of aliphatic hydroxyl groups excluding tert-OH is 1. The van der Waals surface area contributed by atoms with Gasteiger partial charge in [0.25, 0.3) is 11.8 Å². The maximum Gasteiger partial charge on any atom is 0.338 e. The number of hydrogen-bond acceptors (Lipinski definition) is 11. The molecule has 0 saturated heterocycles. The average Bonchev–Trinajstić information content (AvgIpc) is 2.98. The van der Waals surface area contributed by atoms with Crippen LogP contribution in [-0.4, -0.2) is 86.4 Å². The Hall–Kier alpha value is -4.78. The van der Waals surface area contributed by atoms with Crippen molar-refractivity contribution in [1.29, 1.82) is 0 Å². The Morgan fingerprint density at radius 1 is 0.524 bits per heavy atom. The maximum atomic E-state index is 12.8. The van der Waals surface area contributed by atoms with Gasteiger partial charge in [0.15, 0.2) is 0 Å². The largest absolute Gasteiger partial charge is 0.462 e. The number of ether oxygens (including phenoxy) is 4. The van der Waals surface area contributed by atoms with Crippen LogP contribution in [0.4, 0.5) is 0 Å². The Bertz CT molecular complexity index is 1150. The third kappa shape index (κ3) is 9.70. The fourth-order valence-electron chi connectivity index (χ4n) is 3.54. The summed E-state index contributed by atoms with van der Waals surface area (Å²) in [6, 6.07) is 7.45. The second-order valence-corrected chi connectivity index (χ2v) is 8.55. The highest BCUT2D eigenvalue weighted by Crippen LogP contribution is 2.15. The standard InChI is InChI=1S/C29H34N2O11/c1-5-39-26(35)19-9-17(10-20(13-19)27(36)40-6-2)24(33)30-15-23(32)16-31-25(34)18-11-21(28(37)41-7-3)14-22(12-18)29(38)42-8-4/h9-14,23,32H,5-8,15-16H2,1-4H3,(H,30,33)(H,31,34). The summed E-state index contributed by atoms with van der Waals surface area (Å²) in [5.41, 5.74) is -0.246. The molecule has 42 heavy (non-hydrogen) atoms. The molecule has 0 saturated carbocycles. The molecule has 0 spiro atoms. The van der Waals surface area contributed by atoms with Gasteiger partial charge in [-0.05, 0) is 64.1 Å². The van der Waals surface area contributed by atoms with Crippen LogP contribution in [-0.2, 0) is 18.9 Å². The van der Waals surface area contributed by atoms with Crippen LogP contribution in [0.1, 0.15) is 89.8 Å². The number of rotatable bonds is 14. The summed E-state index contributed by atoms with van der Waals surface area (Å²) in [6.45, 7) is 6.14. The molecule has 2 rings (SSSR count). The van der Waals surface area contributed by atoms with Crippen molar-refractivity contribution in [2.75, 3.05) is 39.5 Å². The second-order valence-electron chi connectivity index (χ2n) is 8.55. The van der Waals surface area contributed by atoms with Crippen LogP contribution >= 0.6 is 0 Å². The molecule has 2 aromatic carbocycles. The number of carbonyl (C=O) groups is 6. The Morgan fingerprint density at radius 2 is 0.762 bits per heavy atom. The normalized spacial score (nSPS) is 10.4. The highest BCUT2D eigenvalue weighted by atomic mass is 16.5. The van der Waals surface area contributed by atoms with Gasteiger partial charge in [0.2, 0.25) is 0 Å². The summed E-state index contributed by atoms with van der Waals surface area (Å²) in [5.74, 6) is -4.37. The summed E-state index contributed by atoms with van der Waals surface area (Å²) >= 11 is 0. The predicted molar refractivity (Wildman–Crippen MR) is 147 cm³/mol. The van der Waals surface area contributed by atoms with E-state index in [1.807, 2.05) is 0 Å². The van der Waals surface area contributed by atoms with E-state index in [0.717, 1.165) is 0 Å². The predicted octanol–water partition coefficient (Wildman–Crippen LogP) is 1.91. The minimum Gasteiger partial charge on any atom is -0.462 e. The molecule has 0 aliphatic rings. The summed E-state index contributed by atoms with van der Waals surface area (Å²) in [6.07, 6.45) is -1.26. The van der Waals surface area contributed by atoms with Crippen molar-refractivity contribution in [2.45, 2.75) is 33.8 Å². The van der Waals surface area contributed by atoms with Crippen LogP contribution in [0.15, 0.2) is 36.4 Å². The fourth-order valence-corrected chi connectivity index (χ4v) is 3.54. The number of nitrogens with one attached hydrogen (secondary N) is 2. The van der Waals surface area contributed by atoms with Crippen LogP contribution < -0.4 is 10.6 Å². The molecule has 0 fully saturated rings. The van der Waals surface area contributed by atoms with Crippen molar-refractivity contribution in [2.24, 2.45) is 0 Å². The molecular weight excluding hydrogens is 552 g/mol. The number of aliphatic hydroxyl groups is 1. The lowest BCUT2D eigenvalue weighted by atomic mass is 10.0. The van der Waals surface area contributed by atoms with Gasteiger partial charge in [0.1, 0.15) is 0 Å². The molecule has 0 bridgehead atoms. The van der Waals surface area contributed by atoms with Crippen LogP contribution in [0, 0.1) is 0 Å². The minimum atomic E-state index is -1.26. The first-order valence-corrected chi connectivity index (χ1v) is 13.3. The molecule has 0 aromatic heterocycles. The minimum absolute atomic E-state index is 0.0346. The molecular formula is C29H34N2O11. The first kappa shape index (κ1) is 33.4. The molecule has 2 aromatic rings. The summed E-state index contributed by atoms with van der Waals surface area (Å²) in [7, 11) is 0. The van der Waals surface area contributed by atoms with Crippen molar-refractivity contribution < 1.29 is 52.8 Å². The molecule has 0 unspecified atom stereocenters. The first-order valence-electron chi connectivity index (χ1n) is 13.3. The Kier molecular flexibility index (Phi) is 13.1. The number of carbonyl (C=O) groups excluding carboxylic acids is 6. The zero-order valence-corrected chi connectivity index (χ0v) is 23.8. The lowest BCUT2D eigenvalue weighted by Gasteiger charge is -2.14. The van der Waals surface area contributed by atoms with Crippen LogP contribution in [0.3, 0.4) is 0 Å². The molecule has 13 nitrogen and oxygen atoms in total. The van der Waals surface area contributed by atoms with E-state index in [1.165, 1.54) is 36.4 Å². The lowest BCUT2D eigenvalue weighted by Crippen LogP contribution is -2.40. The highest BCUT2D eigenvalue weighted by molar-refractivity contribution is 6.03. The smallest absolute Gasteiger partial charge is 0.338 e. The molecule has 0 heterocycles. The van der Waals surface area contributed by atoms with E-state index in [9.17, 15) is 33.9 Å². The average molecular weight is 587 g/mol. The summed E-state index contributed by atoms with van der Waals surface area (Å²) in [5, 5.41) is 15.3. The van der Waals surface area contributed by atoms with Gasteiger partial charge in [0.05, 0.1) is 54.8 Å². The van der Waals surface area contributed by atoms with Gasteiger partial charge in [0, 0.05) is 24.2 Å². The van der Waals surface area contributed by atoms with E-state index >= 15 is 0 Å². The third-order valence-corrected chi connectivity index (χ3v) is 5.43. The number of benzene rings is 2. The van der Waals surface area contributed by atoms with E-state index < -0.39 is 41.8 Å². The highest BCUT2D eigenvalue weighted by Gasteiger charge is 2.20. The van der Waals surface area contributed by atoms with E-state index in [2.05, 4.69) is 10.6 Å². The van der Waals surface area contributed by atoms with Crippen molar-refractivity contribution >= 4 is 35.7 Å². The van der Waals surface area contributed by atoms with E-state index in [0.29, 0.717) is 0 Å². The second kappa shape index (κ2) is 16.5. The van der Waals surface area contributed by atoms with Gasteiger partial charge in [-0.25, -0.2) is 19.2 Å². The number of esters is 4. The van der Waals surface area contributed by atoms with Crippen LogP contribution in [0.5, 0.6) is 0 Å². The van der Waals surface area contributed by atoms with E-state index in [4.69, 9.17) is 18.9 Å². The van der Waals surface area contributed by atoms with Crippen molar-refractivity contribution in [3.05, 3.63) is 69.8 Å². The Morgan fingerprint density at radius 3 is 1.00 bits per heavy atom. The molecule has 0 radical (unpaired) electrons. The summed E-state index contributed by atoms with van der Waals surface area (Å²) < 4.78 is 19.8. The quantitative estimate of drug-likeness (QED) is 0.217. The Labute approximate surface area is 242 Å². The SMILES string of the molecule is CCOC(=O)c1cc(C(=O)NCC(O)CNC(=O)c2cc(C(=O)OCC)cc(C(=O)OCC)c2)cc(C(=O)OCC)c1. The van der Waals surface area contributed by atoms with Crippen molar-refractivity contribution in [1.82, 2.24) is 10.6 Å². The summed E-state index contributed by atoms with van der Waals surface area (Å²) in [4.78, 5) is 74.5. The lowest BCUT2D eigenvalue weighted by molar-refractivity contribution is 0.0506. The maximum absolute atomic E-state index is 12.8. The number of amides is 2. The molecule has 0 atom stereocenters. The molecule has 0 aliphatic carbocycles. The first-order chi connectivity index (χ1) is 20.0. The van der Waals surface area contributed by atoms with Crippen LogP contribution in [0.2, 0.25) is 0 Å². The Balaban J connectivity index is 2.11. The van der Waals surface area contributed by atoms with Crippen molar-refractivity contribution in [3.8, 4) is 0 Å². The molecule has 0 aliphatic heterocycles. The molecule has 226 valence electrons. The van der Waals surface area contributed by atoms with E-state index in [1.54, 1.807) is 27.7 Å². The fraction of sp³-hybridized carbons (Fsp3) is 0.379.